The van der Waals surface area contributed by atoms with Crippen LogP contribution in [0.5, 0.6) is 0 Å². The summed E-state index contributed by atoms with van der Waals surface area (Å²) in [6.07, 6.45) is 0. The Hall–Kier alpha value is -2.45. The summed E-state index contributed by atoms with van der Waals surface area (Å²) in [5, 5.41) is 0.802. The number of thiazole rings is 1. The number of carbonyl (C=O) groups excluding carboxylic acids is 2. The van der Waals surface area contributed by atoms with Crippen molar-refractivity contribution in [2.45, 2.75) is 20.8 Å². The van der Waals surface area contributed by atoms with E-state index in [9.17, 15) is 9.59 Å². The number of amides is 2. The van der Waals surface area contributed by atoms with E-state index in [4.69, 9.17) is 4.74 Å². The highest BCUT2D eigenvalue weighted by molar-refractivity contribution is 7.17. The number of nitrogens with one attached hydrogen (secondary N) is 2. The minimum atomic E-state index is -0.364. The van der Waals surface area contributed by atoms with E-state index >= 15 is 0 Å². The van der Waals surface area contributed by atoms with Gasteiger partial charge in [-0.25, -0.2) is 4.98 Å². The van der Waals surface area contributed by atoms with E-state index in [0.717, 1.165) is 29.3 Å². The topological polar surface area (TPSA) is 83.6 Å². The maximum atomic E-state index is 12.4. The molecule has 0 bridgehead atoms. The number of hydrogen-bond donors (Lipinski definition) is 2. The number of aromatic nitrogens is 1. The molecule has 138 valence electrons. The molecular formula is C18H22N4O3S. The molecule has 1 aliphatic rings. The monoisotopic (exact) mass is 374 g/mol. The van der Waals surface area contributed by atoms with Gasteiger partial charge in [0.25, 0.3) is 11.8 Å². The Bertz CT molecular complexity index is 828. The molecule has 2 heterocycles. The second-order valence-electron chi connectivity index (χ2n) is 6.22. The van der Waals surface area contributed by atoms with Crippen molar-refractivity contribution in [3.05, 3.63) is 45.5 Å². The van der Waals surface area contributed by atoms with Crippen LogP contribution in [0.15, 0.2) is 18.2 Å². The van der Waals surface area contributed by atoms with Crippen LogP contribution >= 0.6 is 11.3 Å². The number of hydrogen-bond acceptors (Lipinski definition) is 6. The largest absolute Gasteiger partial charge is 0.378 e. The zero-order valence-electron chi connectivity index (χ0n) is 15.1. The van der Waals surface area contributed by atoms with E-state index in [-0.39, 0.29) is 11.8 Å². The van der Waals surface area contributed by atoms with Gasteiger partial charge in [-0.2, -0.15) is 0 Å². The molecule has 8 heteroatoms. The summed E-state index contributed by atoms with van der Waals surface area (Å²) in [4.78, 5) is 31.7. The molecule has 1 fully saturated rings. The molecular weight excluding hydrogens is 352 g/mol. The Kier molecular flexibility index (Phi) is 5.53. The van der Waals surface area contributed by atoms with Crippen LogP contribution in [0.2, 0.25) is 0 Å². The number of morpholine rings is 1. The number of benzene rings is 1. The van der Waals surface area contributed by atoms with Crippen molar-refractivity contribution in [2.24, 2.45) is 0 Å². The lowest BCUT2D eigenvalue weighted by Crippen LogP contribution is -2.41. The smallest absolute Gasteiger partial charge is 0.281 e. The molecule has 0 saturated carbocycles. The molecule has 2 N–H and O–H groups in total. The molecule has 0 radical (unpaired) electrons. The fraction of sp³-hybridized carbons (Fsp3) is 0.389. The molecule has 0 atom stereocenters. The Labute approximate surface area is 156 Å². The predicted octanol–water partition coefficient (Wildman–Crippen LogP) is 1.98. The third kappa shape index (κ3) is 4.03. The number of anilines is 1. The lowest BCUT2D eigenvalue weighted by atomic mass is 10.1. The standard InChI is InChI=1S/C18H22N4O3S/c1-11-4-5-14(10-12(11)2)16(23)20-21-17(24)15-13(3)19-18(26-15)22-6-8-25-9-7-22/h4-5,10H,6-9H2,1-3H3,(H,20,23)(H,21,24). The van der Waals surface area contributed by atoms with Crippen LogP contribution in [-0.2, 0) is 4.74 Å². The van der Waals surface area contributed by atoms with Crippen molar-refractivity contribution in [1.29, 1.82) is 0 Å². The molecule has 7 nitrogen and oxygen atoms in total. The predicted molar refractivity (Wildman–Crippen MR) is 101 cm³/mol. The Balaban J connectivity index is 1.63. The van der Waals surface area contributed by atoms with E-state index in [0.29, 0.717) is 29.3 Å². The molecule has 0 aliphatic carbocycles. The highest BCUT2D eigenvalue weighted by Gasteiger charge is 2.21. The molecule has 3 rings (SSSR count). The van der Waals surface area contributed by atoms with Crippen molar-refractivity contribution in [3.63, 3.8) is 0 Å². The average molecular weight is 374 g/mol. The van der Waals surface area contributed by atoms with Crippen LogP contribution in [0.4, 0.5) is 5.13 Å². The van der Waals surface area contributed by atoms with Gasteiger partial charge in [-0.05, 0) is 44.0 Å². The number of carbonyl (C=O) groups is 2. The first-order chi connectivity index (χ1) is 12.5. The first kappa shape index (κ1) is 18.3. The molecule has 26 heavy (non-hydrogen) atoms. The first-order valence-electron chi connectivity index (χ1n) is 8.44. The summed E-state index contributed by atoms with van der Waals surface area (Å²) < 4.78 is 5.34. The lowest BCUT2D eigenvalue weighted by Gasteiger charge is -2.25. The highest BCUT2D eigenvalue weighted by atomic mass is 32.1. The third-order valence-electron chi connectivity index (χ3n) is 4.33. The van der Waals surface area contributed by atoms with Gasteiger partial charge in [0.05, 0.1) is 18.9 Å². The summed E-state index contributed by atoms with van der Waals surface area (Å²) in [6, 6.07) is 5.41. The lowest BCUT2D eigenvalue weighted by molar-refractivity contribution is 0.0848. The van der Waals surface area contributed by atoms with Gasteiger partial charge in [0.1, 0.15) is 4.88 Å². The van der Waals surface area contributed by atoms with E-state index in [2.05, 4.69) is 20.7 Å². The van der Waals surface area contributed by atoms with Crippen molar-refractivity contribution >= 4 is 28.3 Å². The van der Waals surface area contributed by atoms with Gasteiger partial charge in [-0.1, -0.05) is 17.4 Å². The Morgan fingerprint density at radius 3 is 2.46 bits per heavy atom. The zero-order chi connectivity index (χ0) is 18.7. The molecule has 2 aromatic rings. The van der Waals surface area contributed by atoms with Gasteiger partial charge in [-0.15, -0.1) is 0 Å². The molecule has 1 saturated heterocycles. The number of aryl methyl sites for hydroxylation is 3. The van der Waals surface area contributed by atoms with E-state index in [1.165, 1.54) is 11.3 Å². The van der Waals surface area contributed by atoms with Crippen molar-refractivity contribution in [2.75, 3.05) is 31.2 Å². The van der Waals surface area contributed by atoms with E-state index in [1.54, 1.807) is 19.1 Å². The van der Waals surface area contributed by atoms with Crippen LogP contribution < -0.4 is 15.8 Å². The van der Waals surface area contributed by atoms with Gasteiger partial charge < -0.3 is 9.64 Å². The first-order valence-corrected chi connectivity index (χ1v) is 9.25. The SMILES string of the molecule is Cc1ccc(C(=O)NNC(=O)c2sc(N3CCOCC3)nc2C)cc1C. The van der Waals surface area contributed by atoms with Gasteiger partial charge in [0.15, 0.2) is 5.13 Å². The quantitative estimate of drug-likeness (QED) is 0.803. The molecule has 1 aliphatic heterocycles. The number of hydrazine groups is 1. The van der Waals surface area contributed by atoms with Crippen molar-refractivity contribution < 1.29 is 14.3 Å². The minimum absolute atomic E-state index is 0.350. The summed E-state index contributed by atoms with van der Waals surface area (Å²) in [7, 11) is 0. The molecule has 1 aromatic carbocycles. The summed E-state index contributed by atoms with van der Waals surface area (Å²) in [6.45, 7) is 8.56. The second-order valence-corrected chi connectivity index (χ2v) is 7.20. The summed E-state index contributed by atoms with van der Waals surface area (Å²) >= 11 is 1.32. The third-order valence-corrected chi connectivity index (χ3v) is 5.55. The second kappa shape index (κ2) is 7.84. The molecule has 0 unspecified atom stereocenters. The minimum Gasteiger partial charge on any atom is -0.378 e. The Morgan fingerprint density at radius 1 is 1.08 bits per heavy atom. The van der Waals surface area contributed by atoms with E-state index < -0.39 is 0 Å². The Morgan fingerprint density at radius 2 is 1.77 bits per heavy atom. The average Bonchev–Trinajstić information content (AvgIpc) is 3.04. The van der Waals surface area contributed by atoms with Gasteiger partial charge in [0, 0.05) is 18.7 Å². The normalized spacial score (nSPS) is 14.2. The van der Waals surface area contributed by atoms with Gasteiger partial charge >= 0.3 is 0 Å². The molecule has 0 spiro atoms. The van der Waals surface area contributed by atoms with Crippen molar-refractivity contribution in [1.82, 2.24) is 15.8 Å². The number of nitrogens with zero attached hydrogens (tertiary/aromatic N) is 2. The van der Waals surface area contributed by atoms with Gasteiger partial charge in [0.2, 0.25) is 0 Å². The van der Waals surface area contributed by atoms with Crippen LogP contribution in [0.3, 0.4) is 0 Å². The fourth-order valence-corrected chi connectivity index (χ4v) is 3.62. The highest BCUT2D eigenvalue weighted by Crippen LogP contribution is 2.26. The molecule has 2 amide bonds. The maximum Gasteiger partial charge on any atom is 0.281 e. The number of rotatable bonds is 3. The number of ether oxygens (including phenoxy) is 1. The zero-order valence-corrected chi connectivity index (χ0v) is 15.9. The van der Waals surface area contributed by atoms with Crippen LogP contribution in [0, 0.1) is 20.8 Å². The van der Waals surface area contributed by atoms with E-state index in [1.807, 2.05) is 19.9 Å². The summed E-state index contributed by atoms with van der Waals surface area (Å²) in [5.74, 6) is -0.714. The molecule has 1 aromatic heterocycles. The maximum absolute atomic E-state index is 12.4. The van der Waals surface area contributed by atoms with Crippen LogP contribution in [0.25, 0.3) is 0 Å². The van der Waals surface area contributed by atoms with Crippen LogP contribution in [-0.4, -0.2) is 43.1 Å². The fourth-order valence-electron chi connectivity index (χ4n) is 2.61. The van der Waals surface area contributed by atoms with Gasteiger partial charge in [-0.3, -0.25) is 20.4 Å². The van der Waals surface area contributed by atoms with Crippen LogP contribution in [0.1, 0.15) is 36.9 Å². The summed E-state index contributed by atoms with van der Waals surface area (Å²) in [5.41, 5.74) is 8.23. The van der Waals surface area contributed by atoms with Crippen molar-refractivity contribution in [3.8, 4) is 0 Å².